The number of ether oxygens (including phenoxy) is 1. The summed E-state index contributed by atoms with van der Waals surface area (Å²) in [6, 6.07) is 13.8. The van der Waals surface area contributed by atoms with Crippen molar-refractivity contribution in [1.82, 2.24) is 4.90 Å². The van der Waals surface area contributed by atoms with Gasteiger partial charge in [-0.25, -0.2) is 9.79 Å². The molecule has 1 aliphatic heterocycles. The molecule has 2 aromatic rings. The molecule has 6 nitrogen and oxygen atoms in total. The lowest BCUT2D eigenvalue weighted by Crippen LogP contribution is -2.23. The second-order valence-electron chi connectivity index (χ2n) is 5.70. The maximum absolute atomic E-state index is 12.6. The van der Waals surface area contributed by atoms with Crippen LogP contribution in [-0.2, 0) is 4.79 Å². The lowest BCUT2D eigenvalue weighted by atomic mass is 10.2. The molecule has 7 heteroatoms. The molecule has 1 N–H and O–H groups in total. The summed E-state index contributed by atoms with van der Waals surface area (Å²) < 4.78 is 5.60. The van der Waals surface area contributed by atoms with Gasteiger partial charge in [-0.15, -0.1) is 0 Å². The van der Waals surface area contributed by atoms with Crippen LogP contribution in [-0.4, -0.2) is 40.7 Å². The average molecular weight is 382 g/mol. The highest BCUT2D eigenvalue weighted by Gasteiger charge is 2.30. The van der Waals surface area contributed by atoms with Gasteiger partial charge >= 0.3 is 5.97 Å². The second-order valence-corrected chi connectivity index (χ2v) is 6.70. The Morgan fingerprint density at radius 1 is 1.26 bits per heavy atom. The van der Waals surface area contributed by atoms with Crippen LogP contribution in [0.3, 0.4) is 0 Å². The Bertz CT molecular complexity index is 953. The highest BCUT2D eigenvalue weighted by Crippen LogP contribution is 2.34. The smallest absolute Gasteiger partial charge is 0.335 e. The van der Waals surface area contributed by atoms with Gasteiger partial charge in [-0.05, 0) is 49.0 Å². The van der Waals surface area contributed by atoms with E-state index in [1.165, 1.54) is 28.8 Å². The van der Waals surface area contributed by atoms with Crippen LogP contribution in [0, 0.1) is 0 Å². The molecular formula is C20H18N2O4S. The van der Waals surface area contributed by atoms with E-state index in [0.717, 1.165) is 5.56 Å². The summed E-state index contributed by atoms with van der Waals surface area (Å²) >= 11 is 1.24. The van der Waals surface area contributed by atoms with E-state index in [-0.39, 0.29) is 11.5 Å². The van der Waals surface area contributed by atoms with Crippen molar-refractivity contribution in [3.05, 3.63) is 64.6 Å². The molecule has 138 valence electrons. The number of thioether (sulfide) groups is 1. The number of aromatic carboxylic acids is 1. The van der Waals surface area contributed by atoms with E-state index in [9.17, 15) is 9.59 Å². The number of amides is 1. The Morgan fingerprint density at radius 2 is 2.04 bits per heavy atom. The summed E-state index contributed by atoms with van der Waals surface area (Å²) in [4.78, 5) is 30.1. The molecule has 0 bridgehead atoms. The molecule has 3 rings (SSSR count). The third kappa shape index (κ3) is 4.20. The number of carboxylic acids is 1. The molecule has 0 unspecified atom stereocenters. The SMILES string of the molecule is CCOc1ccccc1C=C1SC(=Nc2cccc(C(=O)O)c2)N(C)C1=O. The minimum Gasteiger partial charge on any atom is -0.493 e. The summed E-state index contributed by atoms with van der Waals surface area (Å²) in [5.74, 6) is -0.476. The highest BCUT2D eigenvalue weighted by molar-refractivity contribution is 8.18. The molecule has 2 aromatic carbocycles. The van der Waals surface area contributed by atoms with Crippen LogP contribution < -0.4 is 4.74 Å². The zero-order valence-corrected chi connectivity index (χ0v) is 15.7. The number of para-hydroxylation sites is 1. The number of rotatable bonds is 5. The molecule has 0 aliphatic carbocycles. The van der Waals surface area contributed by atoms with Crippen molar-refractivity contribution in [3.8, 4) is 5.75 Å². The lowest BCUT2D eigenvalue weighted by molar-refractivity contribution is -0.121. The number of benzene rings is 2. The minimum absolute atomic E-state index is 0.148. The number of likely N-dealkylation sites (N-methyl/N-ethyl adjacent to an activating group) is 1. The number of hydrogen-bond acceptors (Lipinski definition) is 5. The van der Waals surface area contributed by atoms with Crippen molar-refractivity contribution in [2.75, 3.05) is 13.7 Å². The first kappa shape index (κ1) is 18.7. The molecule has 27 heavy (non-hydrogen) atoms. The Morgan fingerprint density at radius 3 is 2.78 bits per heavy atom. The van der Waals surface area contributed by atoms with Gasteiger partial charge in [0.2, 0.25) is 0 Å². The molecule has 0 radical (unpaired) electrons. The number of carboxylic acid groups (broad SMARTS) is 1. The third-order valence-electron chi connectivity index (χ3n) is 3.83. The van der Waals surface area contributed by atoms with Crippen molar-refractivity contribution in [2.45, 2.75) is 6.92 Å². The Labute approximate surface area is 161 Å². The van der Waals surface area contributed by atoms with Crippen molar-refractivity contribution >= 4 is 40.6 Å². The van der Waals surface area contributed by atoms with E-state index in [1.54, 1.807) is 25.3 Å². The molecule has 0 atom stereocenters. The molecule has 0 aromatic heterocycles. The van der Waals surface area contributed by atoms with Gasteiger partial charge < -0.3 is 9.84 Å². The van der Waals surface area contributed by atoms with Crippen LogP contribution in [0.1, 0.15) is 22.8 Å². The summed E-state index contributed by atoms with van der Waals surface area (Å²) in [5, 5.41) is 9.59. The van der Waals surface area contributed by atoms with Crippen LogP contribution in [0.15, 0.2) is 58.4 Å². The van der Waals surface area contributed by atoms with Crippen LogP contribution in [0.25, 0.3) is 6.08 Å². The van der Waals surface area contributed by atoms with Gasteiger partial charge in [-0.3, -0.25) is 9.69 Å². The average Bonchev–Trinajstić information content (AvgIpc) is 2.92. The predicted molar refractivity (Wildman–Crippen MR) is 106 cm³/mol. The van der Waals surface area contributed by atoms with E-state index in [1.807, 2.05) is 31.2 Å². The fourth-order valence-electron chi connectivity index (χ4n) is 2.50. The van der Waals surface area contributed by atoms with E-state index < -0.39 is 5.97 Å². The van der Waals surface area contributed by atoms with Gasteiger partial charge in [0.25, 0.3) is 5.91 Å². The quantitative estimate of drug-likeness (QED) is 0.790. The zero-order valence-electron chi connectivity index (χ0n) is 14.9. The Kier molecular flexibility index (Phi) is 5.61. The molecule has 1 saturated heterocycles. The van der Waals surface area contributed by atoms with Crippen LogP contribution in [0.4, 0.5) is 5.69 Å². The fraction of sp³-hybridized carbons (Fsp3) is 0.150. The maximum Gasteiger partial charge on any atom is 0.335 e. The molecular weight excluding hydrogens is 364 g/mol. The van der Waals surface area contributed by atoms with Gasteiger partial charge in [0.1, 0.15) is 5.75 Å². The first-order valence-electron chi connectivity index (χ1n) is 8.31. The van der Waals surface area contributed by atoms with Crippen LogP contribution in [0.5, 0.6) is 5.75 Å². The summed E-state index contributed by atoms with van der Waals surface area (Å²) in [7, 11) is 1.64. The second kappa shape index (κ2) is 8.09. The molecule has 1 heterocycles. The number of aliphatic imine (C=N–C) groups is 1. The number of carbonyl (C=O) groups is 2. The lowest BCUT2D eigenvalue weighted by Gasteiger charge is -2.07. The van der Waals surface area contributed by atoms with Gasteiger partial charge in [0.15, 0.2) is 5.17 Å². The minimum atomic E-state index is -1.02. The van der Waals surface area contributed by atoms with E-state index in [0.29, 0.717) is 28.1 Å². The summed E-state index contributed by atoms with van der Waals surface area (Å²) in [6.07, 6.45) is 1.78. The van der Waals surface area contributed by atoms with Crippen LogP contribution in [0.2, 0.25) is 0 Å². The number of nitrogens with zero attached hydrogens (tertiary/aromatic N) is 2. The Hall–Kier alpha value is -3.06. The predicted octanol–water partition coefficient (Wildman–Crippen LogP) is 4.02. The van der Waals surface area contributed by atoms with Crippen molar-refractivity contribution < 1.29 is 19.4 Å². The highest BCUT2D eigenvalue weighted by atomic mass is 32.2. The first-order chi connectivity index (χ1) is 13.0. The fourth-order valence-corrected chi connectivity index (χ4v) is 3.48. The molecule has 1 aliphatic rings. The summed E-state index contributed by atoms with van der Waals surface area (Å²) in [5.41, 5.74) is 1.45. The standard InChI is InChI=1S/C20H18N2O4S/c1-3-26-16-10-5-4-7-13(16)12-17-18(23)22(2)20(27-17)21-15-9-6-8-14(11-15)19(24)25/h4-12H,3H2,1-2H3,(H,24,25). The van der Waals surface area contributed by atoms with Crippen molar-refractivity contribution in [2.24, 2.45) is 4.99 Å². The molecule has 0 spiro atoms. The maximum atomic E-state index is 12.6. The monoisotopic (exact) mass is 382 g/mol. The van der Waals surface area contributed by atoms with Gasteiger partial charge in [0.05, 0.1) is 22.8 Å². The van der Waals surface area contributed by atoms with E-state index in [2.05, 4.69) is 4.99 Å². The number of hydrogen-bond donors (Lipinski definition) is 1. The molecule has 0 saturated carbocycles. The van der Waals surface area contributed by atoms with Crippen LogP contribution >= 0.6 is 11.8 Å². The largest absolute Gasteiger partial charge is 0.493 e. The van der Waals surface area contributed by atoms with E-state index in [4.69, 9.17) is 9.84 Å². The van der Waals surface area contributed by atoms with Gasteiger partial charge in [0, 0.05) is 12.6 Å². The van der Waals surface area contributed by atoms with Crippen molar-refractivity contribution in [3.63, 3.8) is 0 Å². The number of amidine groups is 1. The van der Waals surface area contributed by atoms with Crippen molar-refractivity contribution in [1.29, 1.82) is 0 Å². The third-order valence-corrected chi connectivity index (χ3v) is 4.89. The van der Waals surface area contributed by atoms with Gasteiger partial charge in [-0.2, -0.15) is 0 Å². The number of carbonyl (C=O) groups excluding carboxylic acids is 1. The topological polar surface area (TPSA) is 79.2 Å². The normalized spacial score (nSPS) is 17.0. The molecule has 1 fully saturated rings. The first-order valence-corrected chi connectivity index (χ1v) is 9.12. The Balaban J connectivity index is 1.91. The summed E-state index contributed by atoms with van der Waals surface area (Å²) in [6.45, 7) is 2.44. The van der Waals surface area contributed by atoms with E-state index >= 15 is 0 Å². The zero-order chi connectivity index (χ0) is 19.4. The van der Waals surface area contributed by atoms with Gasteiger partial charge in [-0.1, -0.05) is 24.3 Å². The molecule has 1 amide bonds.